The largest absolute Gasteiger partial charge is 0.390 e. The normalized spacial score (nSPS) is 45.6. The maximum Gasteiger partial charge on any atom is 0.0696 e. The van der Waals surface area contributed by atoms with Crippen LogP contribution in [0, 0.1) is 5.92 Å². The van der Waals surface area contributed by atoms with E-state index in [9.17, 15) is 5.11 Å². The van der Waals surface area contributed by atoms with E-state index in [1.54, 1.807) is 0 Å². The monoisotopic (exact) mass is 240 g/mol. The van der Waals surface area contributed by atoms with Gasteiger partial charge in [0, 0.05) is 10.5 Å². The minimum absolute atomic E-state index is 0.276. The van der Waals surface area contributed by atoms with E-state index in [-0.39, 0.29) is 5.60 Å². The van der Waals surface area contributed by atoms with Gasteiger partial charge in [-0.2, -0.15) is 11.8 Å². The first kappa shape index (κ1) is 11.4. The minimum Gasteiger partial charge on any atom is -0.390 e. The Balaban J connectivity index is 1.71. The molecule has 2 aliphatic heterocycles. The molecular formula is C14H24OS. The van der Waals surface area contributed by atoms with Gasteiger partial charge in [0.25, 0.3) is 0 Å². The van der Waals surface area contributed by atoms with Gasteiger partial charge < -0.3 is 5.11 Å². The zero-order chi connectivity index (χ0) is 11.0. The van der Waals surface area contributed by atoms with E-state index in [4.69, 9.17) is 0 Å². The van der Waals surface area contributed by atoms with E-state index in [2.05, 4.69) is 11.8 Å². The molecule has 2 unspecified atom stereocenters. The highest BCUT2D eigenvalue weighted by Gasteiger charge is 2.47. The SMILES string of the molecule is OC1(C2CCCCCC2)CC2CCC(C1)S2. The Hall–Kier alpha value is 0.310. The van der Waals surface area contributed by atoms with Crippen molar-refractivity contribution in [1.29, 1.82) is 0 Å². The Labute approximate surface area is 103 Å². The predicted molar refractivity (Wildman–Crippen MR) is 69.8 cm³/mol. The zero-order valence-electron chi connectivity index (χ0n) is 10.2. The van der Waals surface area contributed by atoms with Crippen LogP contribution in [0.15, 0.2) is 0 Å². The Morgan fingerprint density at radius 1 is 0.812 bits per heavy atom. The molecular weight excluding hydrogens is 216 g/mol. The van der Waals surface area contributed by atoms with Gasteiger partial charge in [-0.05, 0) is 44.4 Å². The molecule has 3 fully saturated rings. The summed E-state index contributed by atoms with van der Waals surface area (Å²) in [4.78, 5) is 0. The zero-order valence-corrected chi connectivity index (χ0v) is 11.0. The fourth-order valence-corrected chi connectivity index (χ4v) is 5.96. The molecule has 1 nitrogen and oxygen atoms in total. The fraction of sp³-hybridized carbons (Fsp3) is 1.00. The van der Waals surface area contributed by atoms with Gasteiger partial charge in [-0.25, -0.2) is 0 Å². The van der Waals surface area contributed by atoms with E-state index in [0.29, 0.717) is 5.92 Å². The third kappa shape index (κ3) is 2.15. The molecule has 3 rings (SSSR count). The summed E-state index contributed by atoms with van der Waals surface area (Å²) >= 11 is 2.16. The maximum absolute atomic E-state index is 11.0. The number of fused-ring (bicyclic) bond motifs is 2. The summed E-state index contributed by atoms with van der Waals surface area (Å²) in [6.07, 6.45) is 13.0. The number of thioether (sulfide) groups is 1. The molecule has 0 amide bonds. The standard InChI is InChI=1S/C14H24OS/c15-14(11-5-3-1-2-4-6-11)9-12-7-8-13(10-14)16-12/h11-13,15H,1-10H2. The molecule has 0 aromatic heterocycles. The highest BCUT2D eigenvalue weighted by atomic mass is 32.2. The molecule has 2 saturated heterocycles. The van der Waals surface area contributed by atoms with Gasteiger partial charge >= 0.3 is 0 Å². The molecule has 1 N–H and O–H groups in total. The van der Waals surface area contributed by atoms with Crippen LogP contribution >= 0.6 is 11.8 Å². The molecule has 2 heterocycles. The fourth-order valence-electron chi connectivity index (χ4n) is 4.10. The molecule has 0 aromatic carbocycles. The first-order valence-corrected chi connectivity index (χ1v) is 8.08. The van der Waals surface area contributed by atoms with Crippen LogP contribution in [-0.4, -0.2) is 21.2 Å². The van der Waals surface area contributed by atoms with Gasteiger partial charge in [-0.15, -0.1) is 0 Å². The number of rotatable bonds is 1. The molecule has 0 spiro atoms. The summed E-state index contributed by atoms with van der Waals surface area (Å²) < 4.78 is 0. The van der Waals surface area contributed by atoms with Gasteiger partial charge in [0.2, 0.25) is 0 Å². The van der Waals surface area contributed by atoms with Gasteiger partial charge in [0.05, 0.1) is 5.60 Å². The van der Waals surface area contributed by atoms with Crippen LogP contribution in [0.3, 0.4) is 0 Å². The number of hydrogen-bond donors (Lipinski definition) is 1. The van der Waals surface area contributed by atoms with E-state index >= 15 is 0 Å². The third-order valence-electron chi connectivity index (χ3n) is 4.97. The van der Waals surface area contributed by atoms with Gasteiger partial charge in [0.1, 0.15) is 0 Å². The van der Waals surface area contributed by atoms with Crippen molar-refractivity contribution >= 4 is 11.8 Å². The van der Waals surface area contributed by atoms with Crippen molar-refractivity contribution in [1.82, 2.24) is 0 Å². The van der Waals surface area contributed by atoms with E-state index in [1.807, 2.05) is 0 Å². The van der Waals surface area contributed by atoms with Crippen molar-refractivity contribution < 1.29 is 5.11 Å². The van der Waals surface area contributed by atoms with Crippen LogP contribution in [0.1, 0.15) is 64.2 Å². The average molecular weight is 240 g/mol. The quantitative estimate of drug-likeness (QED) is 0.704. The van der Waals surface area contributed by atoms with Crippen LogP contribution in [0.4, 0.5) is 0 Å². The van der Waals surface area contributed by atoms with Crippen molar-refractivity contribution in [2.75, 3.05) is 0 Å². The first-order chi connectivity index (χ1) is 7.76. The van der Waals surface area contributed by atoms with E-state index in [1.165, 1.54) is 51.4 Å². The Bertz CT molecular complexity index is 233. The van der Waals surface area contributed by atoms with E-state index < -0.39 is 0 Å². The summed E-state index contributed by atoms with van der Waals surface area (Å²) in [5.74, 6) is 0.624. The highest BCUT2D eigenvalue weighted by molar-refractivity contribution is 8.00. The number of aliphatic hydroxyl groups is 1. The third-order valence-corrected chi connectivity index (χ3v) is 6.55. The predicted octanol–water partition coefficient (Wildman–Crippen LogP) is 3.75. The van der Waals surface area contributed by atoms with Crippen LogP contribution in [0.2, 0.25) is 0 Å². The molecule has 0 radical (unpaired) electrons. The first-order valence-electron chi connectivity index (χ1n) is 7.14. The van der Waals surface area contributed by atoms with E-state index in [0.717, 1.165) is 23.3 Å². The Morgan fingerprint density at radius 2 is 1.38 bits per heavy atom. The van der Waals surface area contributed by atoms with Crippen molar-refractivity contribution in [3.63, 3.8) is 0 Å². The summed E-state index contributed by atoms with van der Waals surface area (Å²) in [5, 5.41) is 12.6. The van der Waals surface area contributed by atoms with Gasteiger partial charge in [-0.3, -0.25) is 0 Å². The summed E-state index contributed by atoms with van der Waals surface area (Å²) in [6, 6.07) is 0. The minimum atomic E-state index is -0.276. The van der Waals surface area contributed by atoms with Crippen molar-refractivity contribution in [2.45, 2.75) is 80.3 Å². The second-order valence-corrected chi connectivity index (χ2v) is 7.76. The topological polar surface area (TPSA) is 20.2 Å². The summed E-state index contributed by atoms with van der Waals surface area (Å²) in [7, 11) is 0. The highest BCUT2D eigenvalue weighted by Crippen LogP contribution is 2.51. The summed E-state index contributed by atoms with van der Waals surface area (Å²) in [6.45, 7) is 0. The Morgan fingerprint density at radius 3 is 1.94 bits per heavy atom. The molecule has 2 atom stereocenters. The second kappa shape index (κ2) is 4.53. The molecule has 3 aliphatic rings. The van der Waals surface area contributed by atoms with Crippen LogP contribution in [0.5, 0.6) is 0 Å². The van der Waals surface area contributed by atoms with Crippen molar-refractivity contribution in [3.8, 4) is 0 Å². The molecule has 1 saturated carbocycles. The number of hydrogen-bond acceptors (Lipinski definition) is 2. The summed E-state index contributed by atoms with van der Waals surface area (Å²) in [5.41, 5.74) is -0.276. The smallest absolute Gasteiger partial charge is 0.0696 e. The van der Waals surface area contributed by atoms with Crippen LogP contribution in [0.25, 0.3) is 0 Å². The average Bonchev–Trinajstić information content (AvgIpc) is 2.53. The molecule has 0 aromatic rings. The lowest BCUT2D eigenvalue weighted by Crippen LogP contribution is -2.44. The lowest BCUT2D eigenvalue weighted by atomic mass is 9.76. The van der Waals surface area contributed by atoms with Gasteiger partial charge in [-0.1, -0.05) is 25.7 Å². The second-order valence-electron chi connectivity index (χ2n) is 6.16. The van der Waals surface area contributed by atoms with Crippen LogP contribution < -0.4 is 0 Å². The molecule has 2 bridgehead atoms. The molecule has 2 heteroatoms. The molecule has 1 aliphatic carbocycles. The molecule has 16 heavy (non-hydrogen) atoms. The van der Waals surface area contributed by atoms with Crippen molar-refractivity contribution in [2.24, 2.45) is 5.92 Å². The lowest BCUT2D eigenvalue weighted by Gasteiger charge is -2.42. The Kier molecular flexibility index (Phi) is 3.23. The molecule has 92 valence electrons. The van der Waals surface area contributed by atoms with Crippen LogP contribution in [-0.2, 0) is 0 Å². The lowest BCUT2D eigenvalue weighted by molar-refractivity contribution is -0.0385. The van der Waals surface area contributed by atoms with Gasteiger partial charge in [0.15, 0.2) is 0 Å². The van der Waals surface area contributed by atoms with Crippen molar-refractivity contribution in [3.05, 3.63) is 0 Å². The maximum atomic E-state index is 11.0.